The molecule has 26 heavy (non-hydrogen) atoms. The van der Waals surface area contributed by atoms with Crippen molar-refractivity contribution in [1.29, 1.82) is 0 Å². The number of alkyl halides is 4. The number of rotatable bonds is 4. The summed E-state index contributed by atoms with van der Waals surface area (Å²) >= 11 is 2.91. The van der Waals surface area contributed by atoms with E-state index < -0.39 is 17.6 Å². The Hall–Kier alpha value is -2.54. The molecule has 1 amide bonds. The first-order valence-electron chi connectivity index (χ1n) is 7.61. The van der Waals surface area contributed by atoms with Crippen LogP contribution in [0.3, 0.4) is 0 Å². The van der Waals surface area contributed by atoms with E-state index in [4.69, 9.17) is 4.74 Å². The Morgan fingerprint density at radius 2 is 1.77 bits per heavy atom. The maximum Gasteiger partial charge on any atom is 0.418 e. The summed E-state index contributed by atoms with van der Waals surface area (Å²) in [7, 11) is 0. The summed E-state index contributed by atoms with van der Waals surface area (Å²) in [6.45, 7) is 0. The number of anilines is 1. The van der Waals surface area contributed by atoms with Crippen molar-refractivity contribution >= 4 is 38.3 Å². The molecule has 0 aromatic heterocycles. The molecular formula is C19H13BrF3NO2. The molecule has 0 heterocycles. The number of carbonyl (C=O) groups is 1. The van der Waals surface area contributed by atoms with Crippen LogP contribution in [0.2, 0.25) is 0 Å². The molecule has 0 atom stereocenters. The minimum Gasteiger partial charge on any atom is -0.457 e. The van der Waals surface area contributed by atoms with Gasteiger partial charge in [0, 0.05) is 5.39 Å². The molecule has 3 rings (SSSR count). The summed E-state index contributed by atoms with van der Waals surface area (Å²) in [4.78, 5) is 11.4. The molecule has 0 saturated carbocycles. The first-order valence-corrected chi connectivity index (χ1v) is 8.73. The third kappa shape index (κ3) is 3.99. The van der Waals surface area contributed by atoms with Gasteiger partial charge in [-0.05, 0) is 29.7 Å². The van der Waals surface area contributed by atoms with Gasteiger partial charge in [0.2, 0.25) is 5.91 Å². The van der Waals surface area contributed by atoms with Crippen LogP contribution in [0, 0.1) is 0 Å². The predicted molar refractivity (Wildman–Crippen MR) is 97.9 cm³/mol. The lowest BCUT2D eigenvalue weighted by Crippen LogP contribution is -2.17. The first kappa shape index (κ1) is 18.3. The summed E-state index contributed by atoms with van der Waals surface area (Å²) in [5.74, 6) is -0.0859. The number of hydrogen-bond acceptors (Lipinski definition) is 2. The molecule has 0 aliphatic rings. The van der Waals surface area contributed by atoms with E-state index in [9.17, 15) is 18.0 Å². The van der Waals surface area contributed by atoms with Crippen molar-refractivity contribution in [3.05, 3.63) is 66.2 Å². The molecule has 0 aliphatic heterocycles. The van der Waals surface area contributed by atoms with Crippen LogP contribution in [0.25, 0.3) is 10.8 Å². The number of amides is 1. The third-order valence-corrected chi connectivity index (χ3v) is 4.18. The third-order valence-electron chi connectivity index (χ3n) is 3.67. The van der Waals surface area contributed by atoms with E-state index in [2.05, 4.69) is 21.2 Å². The van der Waals surface area contributed by atoms with Crippen LogP contribution in [-0.2, 0) is 11.0 Å². The summed E-state index contributed by atoms with van der Waals surface area (Å²) in [5, 5.41) is 3.84. The van der Waals surface area contributed by atoms with E-state index in [0.29, 0.717) is 5.75 Å². The molecule has 0 spiro atoms. The lowest BCUT2D eigenvalue weighted by Gasteiger charge is -2.16. The minimum absolute atomic E-state index is 0.0329. The maximum atomic E-state index is 13.4. The molecule has 3 aromatic rings. The Balaban J connectivity index is 1.99. The van der Waals surface area contributed by atoms with Crippen molar-refractivity contribution in [2.45, 2.75) is 6.18 Å². The average molecular weight is 424 g/mol. The number of nitrogens with one attached hydrogen (secondary N) is 1. The number of halogens is 4. The van der Waals surface area contributed by atoms with Gasteiger partial charge in [0.1, 0.15) is 11.5 Å². The highest BCUT2D eigenvalue weighted by molar-refractivity contribution is 9.09. The van der Waals surface area contributed by atoms with E-state index in [1.54, 1.807) is 12.1 Å². The number of hydrogen-bond donors (Lipinski definition) is 1. The van der Waals surface area contributed by atoms with Gasteiger partial charge in [0.05, 0.1) is 16.6 Å². The molecular weight excluding hydrogens is 411 g/mol. The van der Waals surface area contributed by atoms with Gasteiger partial charge in [-0.15, -0.1) is 0 Å². The van der Waals surface area contributed by atoms with Crippen molar-refractivity contribution in [3.63, 3.8) is 0 Å². The van der Waals surface area contributed by atoms with E-state index in [0.717, 1.165) is 16.8 Å². The zero-order valence-electron chi connectivity index (χ0n) is 13.3. The molecule has 0 bridgehead atoms. The van der Waals surface area contributed by atoms with Gasteiger partial charge < -0.3 is 10.1 Å². The van der Waals surface area contributed by atoms with Crippen LogP contribution >= 0.6 is 15.9 Å². The predicted octanol–water partition coefficient (Wildman–Crippen LogP) is 5.98. The Bertz CT molecular complexity index is 952. The smallest absolute Gasteiger partial charge is 0.418 e. The van der Waals surface area contributed by atoms with Crippen LogP contribution in [-0.4, -0.2) is 11.2 Å². The Labute approximate surface area is 155 Å². The normalized spacial score (nSPS) is 11.4. The number of fused-ring (bicyclic) bond motifs is 1. The van der Waals surface area contributed by atoms with Crippen molar-refractivity contribution in [2.24, 2.45) is 0 Å². The number of benzene rings is 3. The van der Waals surface area contributed by atoms with Crippen molar-refractivity contribution in [2.75, 3.05) is 10.6 Å². The molecule has 0 radical (unpaired) electrons. The number of ether oxygens (including phenoxy) is 1. The van der Waals surface area contributed by atoms with Crippen LogP contribution in [0.4, 0.5) is 18.9 Å². The quantitative estimate of drug-likeness (QED) is 0.523. The second kappa shape index (κ2) is 7.37. The van der Waals surface area contributed by atoms with Gasteiger partial charge in [-0.2, -0.15) is 13.2 Å². The lowest BCUT2D eigenvalue weighted by molar-refractivity contribution is -0.137. The summed E-state index contributed by atoms with van der Waals surface area (Å²) < 4.78 is 45.8. The fourth-order valence-electron chi connectivity index (χ4n) is 2.53. The van der Waals surface area contributed by atoms with Crippen molar-refractivity contribution < 1.29 is 22.7 Å². The summed E-state index contributed by atoms with van der Waals surface area (Å²) in [5.41, 5.74) is -1.28. The Morgan fingerprint density at radius 3 is 2.50 bits per heavy atom. The Kier molecular flexibility index (Phi) is 5.18. The standard InChI is InChI=1S/C19H13BrF3NO2/c20-11-18(25)24-16-9-8-13(10-15(16)19(21,22)23)26-17-7-3-5-12-4-1-2-6-14(12)17/h1-10H,11H2,(H,24,25). The highest BCUT2D eigenvalue weighted by atomic mass is 79.9. The van der Waals surface area contributed by atoms with Gasteiger partial charge in [-0.3, -0.25) is 4.79 Å². The van der Waals surface area contributed by atoms with Gasteiger partial charge in [0.15, 0.2) is 0 Å². The van der Waals surface area contributed by atoms with Crippen LogP contribution in [0.5, 0.6) is 11.5 Å². The van der Waals surface area contributed by atoms with Gasteiger partial charge in [0.25, 0.3) is 0 Å². The molecule has 0 fully saturated rings. The van der Waals surface area contributed by atoms with Gasteiger partial charge in [-0.1, -0.05) is 52.3 Å². The van der Waals surface area contributed by atoms with Crippen LogP contribution < -0.4 is 10.1 Å². The van der Waals surface area contributed by atoms with Crippen LogP contribution in [0.1, 0.15) is 5.56 Å². The number of carbonyl (C=O) groups excluding carboxylic acids is 1. The maximum absolute atomic E-state index is 13.4. The summed E-state index contributed by atoms with van der Waals surface area (Å²) in [6, 6.07) is 16.2. The molecule has 3 aromatic carbocycles. The Morgan fingerprint density at radius 1 is 1.04 bits per heavy atom. The fourth-order valence-corrected chi connectivity index (χ4v) is 2.67. The molecule has 0 unspecified atom stereocenters. The second-order valence-electron chi connectivity index (χ2n) is 5.47. The molecule has 3 nitrogen and oxygen atoms in total. The molecule has 0 aliphatic carbocycles. The first-order chi connectivity index (χ1) is 12.4. The van der Waals surface area contributed by atoms with Gasteiger partial charge in [-0.25, -0.2) is 0 Å². The highest BCUT2D eigenvalue weighted by Crippen LogP contribution is 2.39. The molecule has 0 saturated heterocycles. The topological polar surface area (TPSA) is 38.3 Å². The average Bonchev–Trinajstić information content (AvgIpc) is 2.62. The molecule has 7 heteroatoms. The lowest BCUT2D eigenvalue weighted by atomic mass is 10.1. The van der Waals surface area contributed by atoms with Crippen LogP contribution in [0.15, 0.2) is 60.7 Å². The zero-order chi connectivity index (χ0) is 18.7. The second-order valence-corrected chi connectivity index (χ2v) is 6.03. The monoisotopic (exact) mass is 423 g/mol. The minimum atomic E-state index is -4.63. The zero-order valence-corrected chi connectivity index (χ0v) is 14.9. The largest absolute Gasteiger partial charge is 0.457 e. The summed E-state index contributed by atoms with van der Waals surface area (Å²) in [6.07, 6.45) is -4.63. The van der Waals surface area contributed by atoms with E-state index in [-0.39, 0.29) is 16.8 Å². The molecule has 134 valence electrons. The molecule has 1 N–H and O–H groups in total. The van der Waals surface area contributed by atoms with Crippen molar-refractivity contribution in [3.8, 4) is 11.5 Å². The highest BCUT2D eigenvalue weighted by Gasteiger charge is 2.34. The fraction of sp³-hybridized carbons (Fsp3) is 0.105. The van der Waals surface area contributed by atoms with Crippen molar-refractivity contribution in [1.82, 2.24) is 0 Å². The van der Waals surface area contributed by atoms with E-state index in [1.165, 1.54) is 12.1 Å². The van der Waals surface area contributed by atoms with E-state index in [1.807, 2.05) is 30.3 Å². The van der Waals surface area contributed by atoms with E-state index >= 15 is 0 Å². The van der Waals surface area contributed by atoms with Gasteiger partial charge >= 0.3 is 6.18 Å². The SMILES string of the molecule is O=C(CBr)Nc1ccc(Oc2cccc3ccccc23)cc1C(F)(F)F.